The van der Waals surface area contributed by atoms with Crippen LogP contribution in [0.15, 0.2) is 12.4 Å². The van der Waals surface area contributed by atoms with E-state index in [-0.39, 0.29) is 24.2 Å². The van der Waals surface area contributed by atoms with Crippen LogP contribution in [0, 0.1) is 0 Å². The summed E-state index contributed by atoms with van der Waals surface area (Å²) >= 11 is 0. The molecular weight excluding hydrogens is 232 g/mol. The molecular formula is C12H16N4O2. The summed E-state index contributed by atoms with van der Waals surface area (Å²) in [4.78, 5) is 32.5. The molecule has 6 nitrogen and oxygen atoms in total. The van der Waals surface area contributed by atoms with E-state index in [0.29, 0.717) is 5.82 Å². The first-order chi connectivity index (χ1) is 8.49. The number of rotatable bonds is 3. The number of amides is 2. The van der Waals surface area contributed by atoms with E-state index in [1.165, 1.54) is 13.4 Å². The maximum atomic E-state index is 11.7. The molecule has 6 heteroatoms. The minimum absolute atomic E-state index is 0.171. The molecule has 0 saturated carbocycles. The van der Waals surface area contributed by atoms with Crippen LogP contribution in [-0.2, 0) is 9.59 Å². The summed E-state index contributed by atoms with van der Waals surface area (Å²) in [5.41, 5.74) is 0.901. The molecule has 1 atom stereocenters. The minimum Gasteiger partial charge on any atom is -0.358 e. The highest BCUT2D eigenvalue weighted by Crippen LogP contribution is 2.18. The van der Waals surface area contributed by atoms with E-state index in [1.807, 2.05) is 13.8 Å². The van der Waals surface area contributed by atoms with Crippen LogP contribution < -0.4 is 5.32 Å². The van der Waals surface area contributed by atoms with E-state index < -0.39 is 6.04 Å². The molecule has 1 saturated heterocycles. The number of carbonyl (C=O) groups excluding carboxylic acids is 2. The first kappa shape index (κ1) is 12.5. The van der Waals surface area contributed by atoms with Crippen molar-refractivity contribution in [3.63, 3.8) is 0 Å². The van der Waals surface area contributed by atoms with E-state index in [0.717, 1.165) is 10.6 Å². The Morgan fingerprint density at radius 2 is 2.11 bits per heavy atom. The zero-order chi connectivity index (χ0) is 13.3. The molecule has 1 N–H and O–H groups in total. The van der Waals surface area contributed by atoms with Gasteiger partial charge in [0.1, 0.15) is 18.2 Å². The fraction of sp³-hybridized carbons (Fsp3) is 0.500. The van der Waals surface area contributed by atoms with Gasteiger partial charge in [-0.3, -0.25) is 14.5 Å². The van der Waals surface area contributed by atoms with Crippen molar-refractivity contribution < 1.29 is 9.59 Å². The van der Waals surface area contributed by atoms with Crippen molar-refractivity contribution in [2.45, 2.75) is 32.2 Å². The van der Waals surface area contributed by atoms with Gasteiger partial charge in [0.2, 0.25) is 5.91 Å². The number of carbonyl (C=O) groups is 2. The van der Waals surface area contributed by atoms with Gasteiger partial charge in [0.05, 0.1) is 6.42 Å². The Balaban J connectivity index is 2.13. The monoisotopic (exact) mass is 248 g/mol. The van der Waals surface area contributed by atoms with Crippen molar-refractivity contribution in [2.75, 3.05) is 12.4 Å². The highest BCUT2D eigenvalue weighted by Gasteiger charge is 2.36. The highest BCUT2D eigenvalue weighted by molar-refractivity contribution is 6.06. The number of anilines is 1. The van der Waals surface area contributed by atoms with Crippen LogP contribution in [-0.4, -0.2) is 39.8 Å². The molecule has 2 amide bonds. The van der Waals surface area contributed by atoms with E-state index in [9.17, 15) is 9.59 Å². The van der Waals surface area contributed by atoms with E-state index in [4.69, 9.17) is 0 Å². The van der Waals surface area contributed by atoms with Crippen molar-refractivity contribution in [3.05, 3.63) is 18.1 Å². The molecule has 1 aliphatic heterocycles. The number of nitrogens with one attached hydrogen (secondary N) is 1. The van der Waals surface area contributed by atoms with E-state index in [1.54, 1.807) is 6.07 Å². The fourth-order valence-electron chi connectivity index (χ4n) is 1.81. The molecule has 1 fully saturated rings. The van der Waals surface area contributed by atoms with Crippen molar-refractivity contribution in [3.8, 4) is 0 Å². The normalized spacial score (nSPS) is 19.8. The number of aromatic nitrogens is 2. The molecule has 0 spiro atoms. The van der Waals surface area contributed by atoms with Crippen LogP contribution in [0.3, 0.4) is 0 Å². The molecule has 0 bridgehead atoms. The Morgan fingerprint density at radius 1 is 1.39 bits per heavy atom. The minimum atomic E-state index is -0.516. The summed E-state index contributed by atoms with van der Waals surface area (Å²) in [5.74, 6) is 0.479. The molecule has 0 aromatic carbocycles. The average molecular weight is 248 g/mol. The van der Waals surface area contributed by atoms with Crippen molar-refractivity contribution >= 4 is 17.6 Å². The quantitative estimate of drug-likeness (QED) is 0.800. The summed E-state index contributed by atoms with van der Waals surface area (Å²) in [6.07, 6.45) is 1.64. The van der Waals surface area contributed by atoms with E-state index in [2.05, 4.69) is 15.3 Å². The van der Waals surface area contributed by atoms with Crippen LogP contribution in [0.2, 0.25) is 0 Å². The van der Waals surface area contributed by atoms with Gasteiger partial charge in [-0.05, 0) is 5.92 Å². The number of hydrogen-bond donors (Lipinski definition) is 1. The Morgan fingerprint density at radius 3 is 2.67 bits per heavy atom. The van der Waals surface area contributed by atoms with Gasteiger partial charge in [0.25, 0.3) is 5.91 Å². The summed E-state index contributed by atoms with van der Waals surface area (Å²) in [7, 11) is 1.49. The SMILES string of the molecule is CC(C)c1cc(NC2CC(=O)N(C)C2=O)ncn1. The summed E-state index contributed by atoms with van der Waals surface area (Å²) in [6.45, 7) is 4.06. The molecule has 1 aromatic rings. The lowest BCUT2D eigenvalue weighted by atomic mass is 10.1. The fourth-order valence-corrected chi connectivity index (χ4v) is 1.81. The standard InChI is InChI=1S/C12H16N4O2/c1-7(2)8-4-10(14-6-13-8)15-9-5-11(17)16(3)12(9)18/h4,6-7,9H,5H2,1-3H3,(H,13,14,15). The zero-order valence-electron chi connectivity index (χ0n) is 10.7. The van der Waals surface area contributed by atoms with E-state index >= 15 is 0 Å². The number of imide groups is 1. The lowest BCUT2D eigenvalue weighted by molar-refractivity contribution is -0.136. The maximum absolute atomic E-state index is 11.7. The molecule has 1 unspecified atom stereocenters. The molecule has 0 radical (unpaired) electrons. The lowest BCUT2D eigenvalue weighted by Gasteiger charge is -2.12. The van der Waals surface area contributed by atoms with Gasteiger partial charge in [-0.1, -0.05) is 13.8 Å². The molecule has 2 heterocycles. The Labute approximate surface area is 105 Å². The lowest BCUT2D eigenvalue weighted by Crippen LogP contribution is -2.32. The first-order valence-electron chi connectivity index (χ1n) is 5.88. The number of likely N-dealkylation sites (tertiary alicyclic amines) is 1. The van der Waals surface area contributed by atoms with Gasteiger partial charge >= 0.3 is 0 Å². The maximum Gasteiger partial charge on any atom is 0.251 e. The van der Waals surface area contributed by atoms with Gasteiger partial charge in [0, 0.05) is 18.8 Å². The second kappa shape index (κ2) is 4.72. The third kappa shape index (κ3) is 2.32. The van der Waals surface area contributed by atoms with Crippen molar-refractivity contribution in [1.82, 2.24) is 14.9 Å². The molecule has 18 heavy (non-hydrogen) atoms. The third-order valence-corrected chi connectivity index (χ3v) is 2.98. The molecule has 2 rings (SSSR count). The largest absolute Gasteiger partial charge is 0.358 e. The topological polar surface area (TPSA) is 75.2 Å². The predicted molar refractivity (Wildman–Crippen MR) is 65.9 cm³/mol. The van der Waals surface area contributed by atoms with Crippen molar-refractivity contribution in [1.29, 1.82) is 0 Å². The Kier molecular flexibility index (Phi) is 3.27. The van der Waals surface area contributed by atoms with Crippen LogP contribution in [0.5, 0.6) is 0 Å². The Bertz CT molecular complexity index is 487. The number of hydrogen-bond acceptors (Lipinski definition) is 5. The second-order valence-electron chi connectivity index (χ2n) is 4.67. The summed E-state index contributed by atoms with van der Waals surface area (Å²) in [6, 6.07) is 1.29. The number of nitrogens with zero attached hydrogens (tertiary/aromatic N) is 3. The van der Waals surface area contributed by atoms with Crippen LogP contribution in [0.25, 0.3) is 0 Å². The Hall–Kier alpha value is -1.98. The van der Waals surface area contributed by atoms with Crippen LogP contribution >= 0.6 is 0 Å². The van der Waals surface area contributed by atoms with Gasteiger partial charge in [-0.15, -0.1) is 0 Å². The smallest absolute Gasteiger partial charge is 0.251 e. The molecule has 1 aliphatic rings. The van der Waals surface area contributed by atoms with Crippen LogP contribution in [0.4, 0.5) is 5.82 Å². The van der Waals surface area contributed by atoms with Crippen molar-refractivity contribution in [2.24, 2.45) is 0 Å². The summed E-state index contributed by atoms with van der Waals surface area (Å²) in [5, 5.41) is 2.98. The number of likely N-dealkylation sites (N-methyl/N-ethyl adjacent to an activating group) is 1. The third-order valence-electron chi connectivity index (χ3n) is 2.98. The summed E-state index contributed by atoms with van der Waals surface area (Å²) < 4.78 is 0. The van der Waals surface area contributed by atoms with Gasteiger partial charge in [-0.25, -0.2) is 9.97 Å². The first-order valence-corrected chi connectivity index (χ1v) is 5.88. The zero-order valence-corrected chi connectivity index (χ0v) is 10.7. The average Bonchev–Trinajstić information content (AvgIpc) is 2.57. The van der Waals surface area contributed by atoms with Crippen LogP contribution in [0.1, 0.15) is 31.9 Å². The molecule has 0 aliphatic carbocycles. The predicted octanol–water partition coefficient (Wildman–Crippen LogP) is 0.769. The van der Waals surface area contributed by atoms with Gasteiger partial charge in [0.15, 0.2) is 0 Å². The second-order valence-corrected chi connectivity index (χ2v) is 4.67. The highest BCUT2D eigenvalue weighted by atomic mass is 16.2. The molecule has 1 aromatic heterocycles. The van der Waals surface area contributed by atoms with Gasteiger partial charge in [-0.2, -0.15) is 0 Å². The molecule has 96 valence electrons. The van der Waals surface area contributed by atoms with Gasteiger partial charge < -0.3 is 5.32 Å².